The number of aliphatic imine (C=N–C) groups is 1. The first-order valence-electron chi connectivity index (χ1n) is 9.29. The summed E-state index contributed by atoms with van der Waals surface area (Å²) in [5.41, 5.74) is 3.02. The smallest absolute Gasteiger partial charge is 0.282 e. The van der Waals surface area contributed by atoms with Gasteiger partial charge in [-0.2, -0.15) is 0 Å². The number of Topliss-reactive ketones (excluding diaryl/α,β-unsaturated/α-hetero) is 1. The molecule has 1 aliphatic heterocycles. The highest BCUT2D eigenvalue weighted by atomic mass is 32.2. The molecule has 1 aliphatic carbocycles. The molecule has 0 amide bonds. The minimum absolute atomic E-state index is 0.00965. The molecule has 0 bridgehead atoms. The van der Waals surface area contributed by atoms with Gasteiger partial charge in [-0.1, -0.05) is 66.4 Å². The normalized spacial score (nSPS) is 19.5. The minimum atomic E-state index is -0.522. The molecule has 3 aromatic rings. The molecule has 1 N–H and O–H groups in total. The van der Waals surface area contributed by atoms with Crippen LogP contribution < -0.4 is 10.9 Å². The van der Waals surface area contributed by atoms with Crippen molar-refractivity contribution in [2.24, 2.45) is 18.0 Å². The molecular weight excluding hydrogens is 384 g/mol. The fourth-order valence-corrected chi connectivity index (χ4v) is 4.60. The highest BCUT2D eigenvalue weighted by molar-refractivity contribution is 7.98. The van der Waals surface area contributed by atoms with Crippen molar-refractivity contribution in [2.45, 2.75) is 11.2 Å². The van der Waals surface area contributed by atoms with Gasteiger partial charge in [0.25, 0.3) is 5.56 Å². The number of rotatable bonds is 2. The first kappa shape index (κ1) is 17.9. The van der Waals surface area contributed by atoms with Crippen molar-refractivity contribution >= 4 is 34.8 Å². The number of anilines is 1. The number of hydrogen-bond donors (Lipinski definition) is 1. The molecular formula is C22H18N4O2S. The second-order valence-electron chi connectivity index (χ2n) is 7.08. The zero-order chi connectivity index (χ0) is 20.1. The number of ketones is 1. The summed E-state index contributed by atoms with van der Waals surface area (Å²) in [6.45, 7) is 0. The van der Waals surface area contributed by atoms with Crippen molar-refractivity contribution in [2.75, 3.05) is 11.6 Å². The standard InChI is InChI=1S/C22H18N4O2S/c1-26-21(28)18-20(25-22(26)29-2)24-16(12-8-4-3-5-9-12)15-17(23-18)13-10-6-7-11-14(13)19(15)27/h3-11,15-16,24H,1-2H3. The van der Waals surface area contributed by atoms with Crippen molar-refractivity contribution in [1.29, 1.82) is 0 Å². The Hall–Kier alpha value is -3.19. The van der Waals surface area contributed by atoms with E-state index in [0.29, 0.717) is 22.2 Å². The summed E-state index contributed by atoms with van der Waals surface area (Å²) in [4.78, 5) is 35.8. The van der Waals surface area contributed by atoms with E-state index in [1.165, 1.54) is 16.3 Å². The van der Waals surface area contributed by atoms with Crippen LogP contribution in [0.5, 0.6) is 0 Å². The Labute approximate surface area is 171 Å². The number of nitrogens with zero attached hydrogens (tertiary/aromatic N) is 3. The van der Waals surface area contributed by atoms with E-state index in [-0.39, 0.29) is 23.1 Å². The van der Waals surface area contributed by atoms with Gasteiger partial charge in [0, 0.05) is 18.2 Å². The lowest BCUT2D eigenvalue weighted by Crippen LogP contribution is -2.29. The van der Waals surface area contributed by atoms with E-state index < -0.39 is 5.92 Å². The zero-order valence-corrected chi connectivity index (χ0v) is 16.7. The van der Waals surface area contributed by atoms with Crippen LogP contribution in [0.4, 0.5) is 11.5 Å². The number of benzene rings is 2. The lowest BCUT2D eigenvalue weighted by atomic mass is 9.88. The van der Waals surface area contributed by atoms with Crippen LogP contribution in [0.25, 0.3) is 0 Å². The number of aromatic nitrogens is 2. The summed E-state index contributed by atoms with van der Waals surface area (Å²) in [6, 6.07) is 16.9. The van der Waals surface area contributed by atoms with Crippen LogP contribution in [0.15, 0.2) is 69.5 Å². The Morgan fingerprint density at radius 3 is 2.41 bits per heavy atom. The molecule has 2 aromatic carbocycles. The van der Waals surface area contributed by atoms with Crippen molar-refractivity contribution in [3.8, 4) is 0 Å². The van der Waals surface area contributed by atoms with Crippen LogP contribution in [0.2, 0.25) is 0 Å². The highest BCUT2D eigenvalue weighted by Gasteiger charge is 2.44. The maximum atomic E-state index is 13.4. The summed E-state index contributed by atoms with van der Waals surface area (Å²) in [6.07, 6.45) is 1.87. The fraction of sp³-hybridized carbons (Fsp3) is 0.182. The fourth-order valence-electron chi connectivity index (χ4n) is 4.06. The number of carbonyl (C=O) groups is 1. The van der Waals surface area contributed by atoms with Crippen molar-refractivity contribution in [3.63, 3.8) is 0 Å². The predicted molar refractivity (Wildman–Crippen MR) is 115 cm³/mol. The number of nitrogens with one attached hydrogen (secondary N) is 1. The first-order chi connectivity index (χ1) is 14.1. The number of carbonyl (C=O) groups excluding carboxylic acids is 1. The van der Waals surface area contributed by atoms with Gasteiger partial charge in [0.2, 0.25) is 0 Å². The Balaban J connectivity index is 1.81. The summed E-state index contributed by atoms with van der Waals surface area (Å²) < 4.78 is 1.50. The Morgan fingerprint density at radius 2 is 1.69 bits per heavy atom. The SMILES string of the molecule is CSc1nc2c(c(=O)n1C)N=C1c3ccccc3C(=O)C1C(c1ccccc1)N2. The molecule has 29 heavy (non-hydrogen) atoms. The number of hydrogen-bond acceptors (Lipinski definition) is 6. The van der Waals surface area contributed by atoms with Crippen molar-refractivity contribution in [3.05, 3.63) is 81.6 Å². The molecule has 2 unspecified atom stereocenters. The first-order valence-corrected chi connectivity index (χ1v) is 10.5. The molecule has 2 atom stereocenters. The second kappa shape index (κ2) is 6.70. The lowest BCUT2D eigenvalue weighted by Gasteiger charge is -2.23. The van der Waals surface area contributed by atoms with Crippen LogP contribution in [-0.2, 0) is 7.05 Å². The molecule has 0 fully saturated rings. The van der Waals surface area contributed by atoms with Gasteiger partial charge in [0.05, 0.1) is 17.7 Å². The van der Waals surface area contributed by atoms with Crippen LogP contribution in [-0.4, -0.2) is 27.3 Å². The van der Waals surface area contributed by atoms with Gasteiger partial charge in [-0.05, 0) is 11.8 Å². The summed E-state index contributed by atoms with van der Waals surface area (Å²) in [7, 11) is 1.69. The van der Waals surface area contributed by atoms with Crippen LogP contribution in [0.1, 0.15) is 27.5 Å². The van der Waals surface area contributed by atoms with E-state index in [1.807, 2.05) is 60.9 Å². The summed E-state index contributed by atoms with van der Waals surface area (Å²) in [5, 5.41) is 3.97. The molecule has 5 rings (SSSR count). The average molecular weight is 402 g/mol. The topological polar surface area (TPSA) is 76.3 Å². The third-order valence-electron chi connectivity index (χ3n) is 5.47. The molecule has 7 heteroatoms. The van der Waals surface area contributed by atoms with Crippen LogP contribution in [0, 0.1) is 5.92 Å². The van der Waals surface area contributed by atoms with Crippen LogP contribution >= 0.6 is 11.8 Å². The van der Waals surface area contributed by atoms with Gasteiger partial charge in [0.15, 0.2) is 22.4 Å². The van der Waals surface area contributed by atoms with Gasteiger partial charge in [-0.3, -0.25) is 14.2 Å². The second-order valence-corrected chi connectivity index (χ2v) is 7.85. The molecule has 1 aromatic heterocycles. The quantitative estimate of drug-likeness (QED) is 0.524. The largest absolute Gasteiger partial charge is 0.360 e. The number of fused-ring (bicyclic) bond motifs is 4. The molecule has 0 saturated heterocycles. The monoisotopic (exact) mass is 402 g/mol. The molecule has 2 heterocycles. The highest BCUT2D eigenvalue weighted by Crippen LogP contribution is 2.42. The Kier molecular flexibility index (Phi) is 4.13. The van der Waals surface area contributed by atoms with Gasteiger partial charge in [0.1, 0.15) is 0 Å². The van der Waals surface area contributed by atoms with Crippen LogP contribution in [0.3, 0.4) is 0 Å². The maximum Gasteiger partial charge on any atom is 0.282 e. The van der Waals surface area contributed by atoms with E-state index >= 15 is 0 Å². The maximum absolute atomic E-state index is 13.4. The van der Waals surface area contributed by atoms with E-state index in [2.05, 4.69) is 10.3 Å². The van der Waals surface area contributed by atoms with Crippen molar-refractivity contribution in [1.82, 2.24) is 9.55 Å². The lowest BCUT2D eigenvalue weighted by molar-refractivity contribution is 0.0952. The van der Waals surface area contributed by atoms with Gasteiger partial charge >= 0.3 is 0 Å². The molecule has 0 radical (unpaired) electrons. The van der Waals surface area contributed by atoms with Crippen molar-refractivity contribution < 1.29 is 4.79 Å². The molecule has 144 valence electrons. The van der Waals surface area contributed by atoms with Gasteiger partial charge in [-0.15, -0.1) is 0 Å². The van der Waals surface area contributed by atoms with E-state index in [9.17, 15) is 9.59 Å². The summed E-state index contributed by atoms with van der Waals surface area (Å²) >= 11 is 1.39. The molecule has 6 nitrogen and oxygen atoms in total. The van der Waals surface area contributed by atoms with E-state index in [4.69, 9.17) is 4.99 Å². The average Bonchev–Trinajstić information content (AvgIpc) is 2.92. The Morgan fingerprint density at radius 1 is 1.00 bits per heavy atom. The zero-order valence-electron chi connectivity index (χ0n) is 15.9. The van der Waals surface area contributed by atoms with Gasteiger partial charge in [-0.25, -0.2) is 9.98 Å². The summed E-state index contributed by atoms with van der Waals surface area (Å²) in [5.74, 6) is -0.0969. The predicted octanol–water partition coefficient (Wildman–Crippen LogP) is 3.60. The minimum Gasteiger partial charge on any atom is -0.360 e. The molecule has 2 aliphatic rings. The third-order valence-corrected chi connectivity index (χ3v) is 6.20. The van der Waals surface area contributed by atoms with E-state index in [0.717, 1.165) is 11.1 Å². The van der Waals surface area contributed by atoms with E-state index in [1.54, 1.807) is 7.05 Å². The molecule has 0 spiro atoms. The Bertz CT molecular complexity index is 1230. The molecule has 0 saturated carbocycles. The number of thioether (sulfide) groups is 1. The third kappa shape index (κ3) is 2.65. The van der Waals surface area contributed by atoms with Gasteiger partial charge < -0.3 is 5.32 Å².